The van der Waals surface area contributed by atoms with Crippen LogP contribution in [0.2, 0.25) is 0 Å². The van der Waals surface area contributed by atoms with Crippen LogP contribution in [0.4, 0.5) is 13.2 Å². The van der Waals surface area contributed by atoms with Crippen LogP contribution in [0, 0.1) is 11.6 Å². The molecule has 94 valence electrons. The molecule has 0 radical (unpaired) electrons. The lowest BCUT2D eigenvalue weighted by Crippen LogP contribution is -2.11. The van der Waals surface area contributed by atoms with Crippen LogP contribution < -0.4 is 0 Å². The van der Waals surface area contributed by atoms with E-state index in [1.54, 1.807) is 0 Å². The Morgan fingerprint density at radius 2 is 1.94 bits per heavy atom. The molecular formula is C11H7BrF3N3. The largest absolute Gasteiger partial charge is 0.239 e. The third-order valence-corrected chi connectivity index (χ3v) is 3.31. The molecule has 3 rings (SSSR count). The second-order valence-electron chi connectivity index (χ2n) is 4.04. The normalized spacial score (nSPS) is 22.2. The molecule has 2 aromatic rings. The van der Waals surface area contributed by atoms with Gasteiger partial charge in [-0.1, -0.05) is 6.07 Å². The number of benzene rings is 1. The van der Waals surface area contributed by atoms with Gasteiger partial charge >= 0.3 is 0 Å². The lowest BCUT2D eigenvalue weighted by molar-refractivity contribution is 0.324. The second-order valence-corrected chi connectivity index (χ2v) is 4.75. The molecule has 1 aromatic heterocycles. The molecule has 2 atom stereocenters. The minimum atomic E-state index is -1.37. The van der Waals surface area contributed by atoms with Crippen LogP contribution in [-0.2, 0) is 0 Å². The zero-order chi connectivity index (χ0) is 12.9. The summed E-state index contributed by atoms with van der Waals surface area (Å²) in [5, 5.41) is 3.93. The van der Waals surface area contributed by atoms with Gasteiger partial charge in [-0.15, -0.1) is 5.10 Å². The maximum Gasteiger partial charge on any atom is 0.217 e. The zero-order valence-corrected chi connectivity index (χ0v) is 10.5. The molecule has 0 bridgehead atoms. The summed E-state index contributed by atoms with van der Waals surface area (Å²) in [6.07, 6.45) is -1.42. The third kappa shape index (κ3) is 1.65. The Morgan fingerprint density at radius 3 is 2.61 bits per heavy atom. The minimum absolute atomic E-state index is 0.0551. The Labute approximate surface area is 109 Å². The topological polar surface area (TPSA) is 30.7 Å². The van der Waals surface area contributed by atoms with Crippen molar-refractivity contribution in [2.75, 3.05) is 0 Å². The van der Waals surface area contributed by atoms with Gasteiger partial charge in [-0.25, -0.2) is 22.8 Å². The Kier molecular flexibility index (Phi) is 2.65. The molecule has 2 heterocycles. The van der Waals surface area contributed by atoms with Crippen molar-refractivity contribution >= 4 is 15.9 Å². The number of aromatic nitrogens is 3. The number of hydrogen-bond acceptors (Lipinski definition) is 2. The van der Waals surface area contributed by atoms with Gasteiger partial charge in [-0.2, -0.15) is 0 Å². The van der Waals surface area contributed by atoms with Crippen LogP contribution in [0.15, 0.2) is 22.9 Å². The fourth-order valence-corrected chi connectivity index (χ4v) is 2.57. The van der Waals surface area contributed by atoms with E-state index in [0.717, 1.165) is 12.1 Å². The predicted octanol–water partition coefficient (Wildman–Crippen LogP) is 3.32. The van der Waals surface area contributed by atoms with Crippen LogP contribution in [0.1, 0.15) is 30.0 Å². The molecule has 1 aliphatic heterocycles. The average Bonchev–Trinajstić information content (AvgIpc) is 2.80. The van der Waals surface area contributed by atoms with Crippen molar-refractivity contribution in [3.63, 3.8) is 0 Å². The van der Waals surface area contributed by atoms with Crippen LogP contribution in [0.3, 0.4) is 0 Å². The number of alkyl halides is 1. The van der Waals surface area contributed by atoms with E-state index in [2.05, 4.69) is 26.0 Å². The molecule has 0 amide bonds. The van der Waals surface area contributed by atoms with Crippen molar-refractivity contribution in [3.05, 3.63) is 46.0 Å². The molecule has 0 aliphatic carbocycles. The molecular weight excluding hydrogens is 311 g/mol. The minimum Gasteiger partial charge on any atom is -0.239 e. The maximum absolute atomic E-state index is 13.7. The van der Waals surface area contributed by atoms with E-state index >= 15 is 0 Å². The van der Waals surface area contributed by atoms with E-state index < -0.39 is 23.8 Å². The average molecular weight is 318 g/mol. The first-order valence-corrected chi connectivity index (χ1v) is 6.07. The van der Waals surface area contributed by atoms with Gasteiger partial charge in [-0.3, -0.25) is 0 Å². The molecule has 3 nitrogen and oxygen atoms in total. The summed E-state index contributed by atoms with van der Waals surface area (Å²) < 4.78 is 42.6. The summed E-state index contributed by atoms with van der Waals surface area (Å²) in [6.45, 7) is 0. The Hall–Kier alpha value is -1.37. The molecule has 0 saturated carbocycles. The summed E-state index contributed by atoms with van der Waals surface area (Å²) in [5.41, 5.74) is -0.170. The molecule has 18 heavy (non-hydrogen) atoms. The quantitative estimate of drug-likeness (QED) is 0.807. The van der Waals surface area contributed by atoms with Crippen LogP contribution in [0.5, 0.6) is 0 Å². The molecule has 0 fully saturated rings. The summed E-state index contributed by atoms with van der Waals surface area (Å²) in [5.74, 6) is -1.31. The number of nitrogens with zero attached hydrogens (tertiary/aromatic N) is 3. The molecule has 2 unspecified atom stereocenters. The number of halogens is 4. The number of hydrogen-bond donors (Lipinski definition) is 0. The van der Waals surface area contributed by atoms with E-state index in [-0.39, 0.29) is 22.5 Å². The molecule has 0 spiro atoms. The fourth-order valence-electron chi connectivity index (χ4n) is 2.22. The zero-order valence-electron chi connectivity index (χ0n) is 8.95. The number of rotatable bonds is 1. The smallest absolute Gasteiger partial charge is 0.217 e. The first-order valence-electron chi connectivity index (χ1n) is 5.28. The van der Waals surface area contributed by atoms with Gasteiger partial charge in [0.05, 0.1) is 6.04 Å². The van der Waals surface area contributed by atoms with Gasteiger partial charge in [0.15, 0.2) is 12.0 Å². The summed E-state index contributed by atoms with van der Waals surface area (Å²) in [6, 6.07) is 2.77. The van der Waals surface area contributed by atoms with E-state index in [0.29, 0.717) is 0 Å². The number of fused-ring (bicyclic) bond motifs is 1. The summed E-state index contributed by atoms with van der Waals surface area (Å²) in [7, 11) is 0. The van der Waals surface area contributed by atoms with Crippen LogP contribution in [-0.4, -0.2) is 14.8 Å². The summed E-state index contributed by atoms with van der Waals surface area (Å²) in [4.78, 5) is 3.86. The van der Waals surface area contributed by atoms with Crippen molar-refractivity contribution < 1.29 is 13.2 Å². The summed E-state index contributed by atoms with van der Waals surface area (Å²) >= 11 is 3.03. The highest BCUT2D eigenvalue weighted by molar-refractivity contribution is 9.10. The van der Waals surface area contributed by atoms with E-state index in [1.807, 2.05) is 0 Å². The van der Waals surface area contributed by atoms with E-state index in [4.69, 9.17) is 0 Å². The van der Waals surface area contributed by atoms with Gasteiger partial charge in [0.1, 0.15) is 11.6 Å². The van der Waals surface area contributed by atoms with Crippen LogP contribution in [0.25, 0.3) is 0 Å². The fraction of sp³-hybridized carbons (Fsp3) is 0.273. The highest BCUT2D eigenvalue weighted by Crippen LogP contribution is 2.41. The Morgan fingerprint density at radius 1 is 1.28 bits per heavy atom. The van der Waals surface area contributed by atoms with Crippen molar-refractivity contribution in [2.24, 2.45) is 0 Å². The van der Waals surface area contributed by atoms with E-state index in [1.165, 1.54) is 10.7 Å². The Bertz CT molecular complexity index is 593. The van der Waals surface area contributed by atoms with Crippen molar-refractivity contribution in [3.8, 4) is 0 Å². The predicted molar refractivity (Wildman–Crippen MR) is 60.7 cm³/mol. The first-order chi connectivity index (χ1) is 8.58. The monoisotopic (exact) mass is 317 g/mol. The lowest BCUT2D eigenvalue weighted by Gasteiger charge is -2.13. The molecule has 0 saturated heterocycles. The van der Waals surface area contributed by atoms with Crippen LogP contribution >= 0.6 is 15.9 Å². The molecule has 1 aliphatic rings. The van der Waals surface area contributed by atoms with Gasteiger partial charge < -0.3 is 0 Å². The SMILES string of the molecule is Fc1cccc(F)c1C1CC(F)c2nc(Br)nn21. The highest BCUT2D eigenvalue weighted by atomic mass is 79.9. The van der Waals surface area contributed by atoms with E-state index in [9.17, 15) is 13.2 Å². The van der Waals surface area contributed by atoms with Crippen molar-refractivity contribution in [1.82, 2.24) is 14.8 Å². The van der Waals surface area contributed by atoms with Gasteiger partial charge in [0.2, 0.25) is 4.73 Å². The Balaban J connectivity index is 2.14. The van der Waals surface area contributed by atoms with Crippen molar-refractivity contribution in [1.29, 1.82) is 0 Å². The highest BCUT2D eigenvalue weighted by Gasteiger charge is 2.37. The van der Waals surface area contributed by atoms with Gasteiger partial charge in [-0.05, 0) is 28.1 Å². The third-order valence-electron chi connectivity index (χ3n) is 2.97. The first kappa shape index (κ1) is 11.7. The maximum atomic E-state index is 13.7. The second kappa shape index (κ2) is 4.08. The molecule has 7 heteroatoms. The van der Waals surface area contributed by atoms with Crippen molar-refractivity contribution in [2.45, 2.75) is 18.6 Å². The molecule has 1 aromatic carbocycles. The van der Waals surface area contributed by atoms with Gasteiger partial charge in [0.25, 0.3) is 0 Å². The standard InChI is InChI=1S/C11H7BrF3N3/c12-11-16-10-7(15)4-8(18(10)17-11)9-5(13)2-1-3-6(9)14/h1-3,7-8H,4H2. The van der Waals surface area contributed by atoms with Gasteiger partial charge in [0, 0.05) is 12.0 Å². The lowest BCUT2D eigenvalue weighted by atomic mass is 10.0. The molecule has 0 N–H and O–H groups in total.